The van der Waals surface area contributed by atoms with Crippen LogP contribution in [0.1, 0.15) is 45.6 Å². The van der Waals surface area contributed by atoms with Crippen LogP contribution in [-0.2, 0) is 20.9 Å². The topological polar surface area (TPSA) is 132 Å². The molecule has 0 aliphatic heterocycles. The number of rotatable bonds is 5. The molecular weight excluding hydrogens is 376 g/mol. The summed E-state index contributed by atoms with van der Waals surface area (Å²) < 4.78 is 10.6. The van der Waals surface area contributed by atoms with Gasteiger partial charge < -0.3 is 20.1 Å². The van der Waals surface area contributed by atoms with E-state index in [2.05, 4.69) is 16.1 Å². The number of nitrogens with two attached hydrogens (primary N) is 1. The Bertz CT molecular complexity index is 705. The average molecular weight is 406 g/mol. The minimum atomic E-state index is -0.662. The number of benzene rings is 1. The highest BCUT2D eigenvalue weighted by Crippen LogP contribution is 2.25. The molecule has 0 saturated heterocycles. The lowest BCUT2D eigenvalue weighted by atomic mass is 9.82. The number of nitrogens with one attached hydrogen (secondary N) is 3. The third-order valence-electron chi connectivity index (χ3n) is 4.58. The fourth-order valence-electron chi connectivity index (χ4n) is 3.23. The van der Waals surface area contributed by atoms with Crippen LogP contribution in [0.5, 0.6) is 0 Å². The summed E-state index contributed by atoms with van der Waals surface area (Å²) in [5, 5.41) is 5.55. The SMILES string of the molecule is CC(C)(C)OC(=O)NC1CC(C(=O)NN)CCC1NC(=O)OCc1ccccc1. The molecule has 160 valence electrons. The fourth-order valence-corrected chi connectivity index (χ4v) is 3.23. The van der Waals surface area contributed by atoms with E-state index in [0.717, 1.165) is 5.56 Å². The lowest BCUT2D eigenvalue weighted by Gasteiger charge is -2.36. The van der Waals surface area contributed by atoms with Crippen molar-refractivity contribution in [3.8, 4) is 0 Å². The third-order valence-corrected chi connectivity index (χ3v) is 4.58. The van der Waals surface area contributed by atoms with Gasteiger partial charge in [0, 0.05) is 5.92 Å². The first-order chi connectivity index (χ1) is 13.7. The molecular formula is C20H30N4O5. The van der Waals surface area contributed by atoms with Crippen LogP contribution in [0.2, 0.25) is 0 Å². The van der Waals surface area contributed by atoms with Crippen molar-refractivity contribution in [2.45, 2.75) is 64.3 Å². The van der Waals surface area contributed by atoms with Gasteiger partial charge in [0.05, 0.1) is 12.1 Å². The van der Waals surface area contributed by atoms with E-state index in [9.17, 15) is 14.4 Å². The van der Waals surface area contributed by atoms with Gasteiger partial charge in [0.15, 0.2) is 0 Å². The first-order valence-corrected chi connectivity index (χ1v) is 9.65. The molecule has 0 spiro atoms. The van der Waals surface area contributed by atoms with Gasteiger partial charge in [0.25, 0.3) is 0 Å². The van der Waals surface area contributed by atoms with Crippen molar-refractivity contribution in [1.29, 1.82) is 0 Å². The second-order valence-electron chi connectivity index (χ2n) is 8.08. The van der Waals surface area contributed by atoms with E-state index in [1.165, 1.54) is 0 Å². The Morgan fingerprint density at radius 2 is 1.69 bits per heavy atom. The van der Waals surface area contributed by atoms with Crippen molar-refractivity contribution in [2.75, 3.05) is 0 Å². The van der Waals surface area contributed by atoms with Gasteiger partial charge >= 0.3 is 12.2 Å². The number of hydrogen-bond donors (Lipinski definition) is 4. The normalized spacial score (nSPS) is 21.6. The van der Waals surface area contributed by atoms with Crippen LogP contribution in [0.25, 0.3) is 0 Å². The van der Waals surface area contributed by atoms with Crippen molar-refractivity contribution in [3.63, 3.8) is 0 Å². The molecule has 0 heterocycles. The Morgan fingerprint density at radius 1 is 1.03 bits per heavy atom. The Labute approximate surface area is 170 Å². The van der Waals surface area contributed by atoms with Crippen molar-refractivity contribution in [1.82, 2.24) is 16.1 Å². The Hall–Kier alpha value is -2.81. The molecule has 0 aromatic heterocycles. The predicted octanol–water partition coefficient (Wildman–Crippen LogP) is 1.96. The summed E-state index contributed by atoms with van der Waals surface area (Å²) >= 11 is 0. The highest BCUT2D eigenvalue weighted by molar-refractivity contribution is 5.78. The van der Waals surface area contributed by atoms with Gasteiger partial charge in [0.2, 0.25) is 5.91 Å². The highest BCUT2D eigenvalue weighted by atomic mass is 16.6. The maximum atomic E-state index is 12.2. The maximum Gasteiger partial charge on any atom is 0.407 e. The van der Waals surface area contributed by atoms with Crippen molar-refractivity contribution >= 4 is 18.1 Å². The number of alkyl carbamates (subject to hydrolysis) is 2. The molecule has 1 fully saturated rings. The van der Waals surface area contributed by atoms with Crippen LogP contribution in [0.4, 0.5) is 9.59 Å². The van der Waals surface area contributed by atoms with Gasteiger partial charge in [-0.2, -0.15) is 0 Å². The van der Waals surface area contributed by atoms with E-state index in [0.29, 0.717) is 19.3 Å². The third kappa shape index (κ3) is 7.61. The van der Waals surface area contributed by atoms with Gasteiger partial charge in [-0.1, -0.05) is 30.3 Å². The van der Waals surface area contributed by atoms with Gasteiger partial charge in [0.1, 0.15) is 12.2 Å². The predicted molar refractivity (Wildman–Crippen MR) is 106 cm³/mol. The minimum absolute atomic E-state index is 0.141. The quantitative estimate of drug-likeness (QED) is 0.336. The molecule has 5 N–H and O–H groups in total. The summed E-state index contributed by atoms with van der Waals surface area (Å²) in [4.78, 5) is 36.4. The molecule has 9 nitrogen and oxygen atoms in total. The minimum Gasteiger partial charge on any atom is -0.445 e. The van der Waals surface area contributed by atoms with Gasteiger partial charge in [-0.3, -0.25) is 10.2 Å². The van der Waals surface area contributed by atoms with E-state index < -0.39 is 29.9 Å². The molecule has 1 aliphatic rings. The highest BCUT2D eigenvalue weighted by Gasteiger charge is 2.36. The lowest BCUT2D eigenvalue weighted by Crippen LogP contribution is -2.56. The molecule has 1 aromatic rings. The van der Waals surface area contributed by atoms with E-state index >= 15 is 0 Å². The zero-order valence-electron chi connectivity index (χ0n) is 17.1. The molecule has 3 atom stereocenters. The second kappa shape index (κ2) is 10.1. The average Bonchev–Trinajstić information content (AvgIpc) is 2.66. The Balaban J connectivity index is 1.97. The van der Waals surface area contributed by atoms with E-state index in [1.54, 1.807) is 20.8 Å². The molecule has 0 radical (unpaired) electrons. The number of carbonyl (C=O) groups is 3. The molecule has 29 heavy (non-hydrogen) atoms. The van der Waals surface area contributed by atoms with Crippen molar-refractivity contribution < 1.29 is 23.9 Å². The molecule has 1 saturated carbocycles. The van der Waals surface area contributed by atoms with Gasteiger partial charge in [-0.25, -0.2) is 15.4 Å². The Kier molecular flexibility index (Phi) is 7.83. The van der Waals surface area contributed by atoms with Gasteiger partial charge in [-0.15, -0.1) is 0 Å². The summed E-state index contributed by atoms with van der Waals surface area (Å²) in [6.45, 7) is 5.42. The molecule has 1 aromatic carbocycles. The number of amides is 3. The summed E-state index contributed by atoms with van der Waals surface area (Å²) in [6, 6.07) is 8.43. The number of ether oxygens (including phenoxy) is 2. The number of hydrogen-bond acceptors (Lipinski definition) is 6. The second-order valence-corrected chi connectivity index (χ2v) is 8.08. The summed E-state index contributed by atoms with van der Waals surface area (Å²) in [7, 11) is 0. The van der Waals surface area contributed by atoms with Crippen molar-refractivity contribution in [2.24, 2.45) is 11.8 Å². The molecule has 3 amide bonds. The van der Waals surface area contributed by atoms with Crippen LogP contribution in [0, 0.1) is 5.92 Å². The summed E-state index contributed by atoms with van der Waals surface area (Å²) in [6.07, 6.45) is 0.140. The zero-order valence-corrected chi connectivity index (χ0v) is 17.1. The van der Waals surface area contributed by atoms with Crippen LogP contribution in [-0.4, -0.2) is 35.8 Å². The number of hydrazine groups is 1. The van der Waals surface area contributed by atoms with Crippen molar-refractivity contribution in [3.05, 3.63) is 35.9 Å². The fraction of sp³-hybridized carbons (Fsp3) is 0.550. The number of carbonyl (C=O) groups excluding carboxylic acids is 3. The molecule has 1 aliphatic carbocycles. The Morgan fingerprint density at radius 3 is 2.31 bits per heavy atom. The summed E-state index contributed by atoms with van der Waals surface area (Å²) in [5.74, 6) is 4.58. The standard InChI is InChI=1S/C20H30N4O5/c1-20(2,3)29-19(27)23-16-11-14(17(25)24-21)9-10-15(16)22-18(26)28-12-13-7-5-4-6-8-13/h4-8,14-16H,9-12,21H2,1-3H3,(H,22,26)(H,23,27)(H,24,25). The van der Waals surface area contributed by atoms with Crippen LogP contribution < -0.4 is 21.9 Å². The van der Waals surface area contributed by atoms with Crippen LogP contribution in [0.3, 0.4) is 0 Å². The molecule has 2 rings (SSSR count). The molecule has 3 unspecified atom stereocenters. The maximum absolute atomic E-state index is 12.2. The van der Waals surface area contributed by atoms with Crippen LogP contribution in [0.15, 0.2) is 30.3 Å². The molecule has 9 heteroatoms. The van der Waals surface area contributed by atoms with E-state index in [-0.39, 0.29) is 18.4 Å². The smallest absolute Gasteiger partial charge is 0.407 e. The molecule has 0 bridgehead atoms. The van der Waals surface area contributed by atoms with E-state index in [1.807, 2.05) is 30.3 Å². The first kappa shape index (κ1) is 22.5. The van der Waals surface area contributed by atoms with E-state index in [4.69, 9.17) is 15.3 Å². The lowest BCUT2D eigenvalue weighted by molar-refractivity contribution is -0.126. The monoisotopic (exact) mass is 406 g/mol. The van der Waals surface area contributed by atoms with Crippen LogP contribution >= 0.6 is 0 Å². The first-order valence-electron chi connectivity index (χ1n) is 9.65. The zero-order chi connectivity index (χ0) is 21.4. The summed E-state index contributed by atoms with van der Waals surface area (Å²) in [5.41, 5.74) is 2.35. The largest absolute Gasteiger partial charge is 0.445 e. The van der Waals surface area contributed by atoms with Gasteiger partial charge in [-0.05, 0) is 45.6 Å².